The molecule has 27 heavy (non-hydrogen) atoms. The van der Waals surface area contributed by atoms with Crippen molar-refractivity contribution >= 4 is 11.9 Å². The first-order chi connectivity index (χ1) is 12.9. The Bertz CT molecular complexity index is 787. The Kier molecular flexibility index (Phi) is 7.34. The molecule has 2 rings (SSSR count). The van der Waals surface area contributed by atoms with Crippen LogP contribution < -0.4 is 5.32 Å². The maximum atomic E-state index is 13.4. The average molecular weight is 370 g/mol. The number of carbonyl (C=O) groups is 1. The molecule has 0 radical (unpaired) electrons. The van der Waals surface area contributed by atoms with E-state index in [1.54, 1.807) is 25.1 Å². The van der Waals surface area contributed by atoms with Gasteiger partial charge in [-0.1, -0.05) is 24.3 Å². The summed E-state index contributed by atoms with van der Waals surface area (Å²) in [5.41, 5.74) is 2.55. The SMILES string of the molecule is CCNC(=NCc1ccc(C(=O)N(C)C)cc1)N(C)Cc1cccc(F)c1. The summed E-state index contributed by atoms with van der Waals surface area (Å²) in [5, 5.41) is 3.25. The van der Waals surface area contributed by atoms with Crippen molar-refractivity contribution in [3.8, 4) is 0 Å². The fourth-order valence-corrected chi connectivity index (χ4v) is 2.63. The van der Waals surface area contributed by atoms with Crippen LogP contribution in [0.2, 0.25) is 0 Å². The zero-order chi connectivity index (χ0) is 19.8. The predicted octanol–water partition coefficient (Wildman–Crippen LogP) is 3.13. The Labute approximate surface area is 160 Å². The normalized spacial score (nSPS) is 11.2. The minimum atomic E-state index is -0.241. The van der Waals surface area contributed by atoms with Gasteiger partial charge in [0.1, 0.15) is 5.82 Å². The van der Waals surface area contributed by atoms with E-state index >= 15 is 0 Å². The van der Waals surface area contributed by atoms with Gasteiger partial charge >= 0.3 is 0 Å². The van der Waals surface area contributed by atoms with E-state index in [0.29, 0.717) is 18.7 Å². The number of halogens is 1. The van der Waals surface area contributed by atoms with Crippen molar-refractivity contribution in [1.82, 2.24) is 15.1 Å². The second kappa shape index (κ2) is 9.71. The van der Waals surface area contributed by atoms with Gasteiger partial charge < -0.3 is 15.1 Å². The van der Waals surface area contributed by atoms with Crippen LogP contribution in [0.4, 0.5) is 4.39 Å². The average Bonchev–Trinajstić information content (AvgIpc) is 2.64. The van der Waals surface area contributed by atoms with Crippen LogP contribution in [0.15, 0.2) is 53.5 Å². The molecular weight excluding hydrogens is 343 g/mol. The molecule has 0 aliphatic rings. The van der Waals surface area contributed by atoms with Crippen LogP contribution in [0.5, 0.6) is 0 Å². The van der Waals surface area contributed by atoms with Crippen LogP contribution in [0.3, 0.4) is 0 Å². The molecule has 0 saturated carbocycles. The van der Waals surface area contributed by atoms with Crippen LogP contribution in [0.1, 0.15) is 28.4 Å². The van der Waals surface area contributed by atoms with Gasteiger partial charge in [0.15, 0.2) is 5.96 Å². The number of guanidine groups is 1. The first-order valence-electron chi connectivity index (χ1n) is 8.95. The number of benzene rings is 2. The van der Waals surface area contributed by atoms with Crippen molar-refractivity contribution in [1.29, 1.82) is 0 Å². The van der Waals surface area contributed by atoms with Gasteiger partial charge in [-0.15, -0.1) is 0 Å². The topological polar surface area (TPSA) is 47.9 Å². The van der Waals surface area contributed by atoms with Crippen molar-refractivity contribution < 1.29 is 9.18 Å². The van der Waals surface area contributed by atoms with E-state index in [-0.39, 0.29) is 11.7 Å². The molecule has 0 bridgehead atoms. The van der Waals surface area contributed by atoms with Gasteiger partial charge in [0, 0.05) is 39.8 Å². The van der Waals surface area contributed by atoms with Gasteiger partial charge in [-0.3, -0.25) is 4.79 Å². The van der Waals surface area contributed by atoms with Crippen LogP contribution in [-0.2, 0) is 13.1 Å². The van der Waals surface area contributed by atoms with Gasteiger partial charge in [0.2, 0.25) is 0 Å². The third kappa shape index (κ3) is 6.09. The molecule has 0 aliphatic heterocycles. The number of nitrogens with zero attached hydrogens (tertiary/aromatic N) is 3. The molecular formula is C21H27FN4O. The number of nitrogens with one attached hydrogen (secondary N) is 1. The molecule has 2 aromatic rings. The van der Waals surface area contributed by atoms with E-state index in [1.807, 2.05) is 49.2 Å². The number of hydrogen-bond donors (Lipinski definition) is 1. The lowest BCUT2D eigenvalue weighted by Gasteiger charge is -2.22. The van der Waals surface area contributed by atoms with Crippen molar-refractivity contribution in [2.75, 3.05) is 27.7 Å². The van der Waals surface area contributed by atoms with Gasteiger partial charge in [0.05, 0.1) is 6.54 Å². The zero-order valence-electron chi connectivity index (χ0n) is 16.4. The van der Waals surface area contributed by atoms with E-state index in [2.05, 4.69) is 10.3 Å². The minimum Gasteiger partial charge on any atom is -0.357 e. The maximum absolute atomic E-state index is 13.4. The second-order valence-electron chi connectivity index (χ2n) is 6.55. The number of aliphatic imine (C=N–C) groups is 1. The van der Waals surface area contributed by atoms with Crippen molar-refractivity contribution in [3.05, 3.63) is 71.0 Å². The minimum absolute atomic E-state index is 0.0202. The summed E-state index contributed by atoms with van der Waals surface area (Å²) in [6.07, 6.45) is 0. The van der Waals surface area contributed by atoms with Crippen molar-refractivity contribution in [3.63, 3.8) is 0 Å². The van der Waals surface area contributed by atoms with E-state index in [9.17, 15) is 9.18 Å². The third-order valence-corrected chi connectivity index (χ3v) is 4.02. The van der Waals surface area contributed by atoms with E-state index in [1.165, 1.54) is 12.1 Å². The summed E-state index contributed by atoms with van der Waals surface area (Å²) < 4.78 is 13.4. The third-order valence-electron chi connectivity index (χ3n) is 4.02. The molecule has 6 heteroatoms. The Morgan fingerprint density at radius 3 is 2.37 bits per heavy atom. The van der Waals surface area contributed by atoms with E-state index < -0.39 is 0 Å². The zero-order valence-corrected chi connectivity index (χ0v) is 16.4. The van der Waals surface area contributed by atoms with E-state index in [4.69, 9.17) is 0 Å². The lowest BCUT2D eigenvalue weighted by atomic mass is 10.1. The van der Waals surface area contributed by atoms with Gasteiger partial charge in [0.25, 0.3) is 5.91 Å². The number of hydrogen-bond acceptors (Lipinski definition) is 2. The van der Waals surface area contributed by atoms with Gasteiger partial charge in [-0.2, -0.15) is 0 Å². The van der Waals surface area contributed by atoms with E-state index in [0.717, 1.165) is 23.6 Å². The monoisotopic (exact) mass is 370 g/mol. The summed E-state index contributed by atoms with van der Waals surface area (Å²) in [4.78, 5) is 20.1. The molecule has 5 nitrogen and oxygen atoms in total. The smallest absolute Gasteiger partial charge is 0.253 e. The summed E-state index contributed by atoms with van der Waals surface area (Å²) in [7, 11) is 5.39. The summed E-state index contributed by atoms with van der Waals surface area (Å²) in [6, 6.07) is 14.0. The Balaban J connectivity index is 2.06. The van der Waals surface area contributed by atoms with Crippen molar-refractivity contribution in [2.24, 2.45) is 4.99 Å². The maximum Gasteiger partial charge on any atom is 0.253 e. The first kappa shape index (κ1) is 20.4. The molecule has 144 valence electrons. The molecule has 0 aromatic heterocycles. The van der Waals surface area contributed by atoms with Crippen LogP contribution >= 0.6 is 0 Å². The lowest BCUT2D eigenvalue weighted by molar-refractivity contribution is 0.0827. The highest BCUT2D eigenvalue weighted by Gasteiger charge is 2.09. The lowest BCUT2D eigenvalue weighted by Crippen LogP contribution is -2.38. The highest BCUT2D eigenvalue weighted by Crippen LogP contribution is 2.09. The van der Waals surface area contributed by atoms with Crippen LogP contribution in [0, 0.1) is 5.82 Å². The van der Waals surface area contributed by atoms with Crippen molar-refractivity contribution in [2.45, 2.75) is 20.0 Å². The standard InChI is InChI=1S/C21H27FN4O/c1-5-23-21(26(4)15-17-7-6-8-19(22)13-17)24-14-16-9-11-18(12-10-16)20(27)25(2)3/h6-13H,5,14-15H2,1-4H3,(H,23,24). The number of amides is 1. The quantitative estimate of drug-likeness (QED) is 0.628. The molecule has 0 heterocycles. The largest absolute Gasteiger partial charge is 0.357 e. The second-order valence-corrected chi connectivity index (χ2v) is 6.55. The number of carbonyl (C=O) groups excluding carboxylic acids is 1. The molecule has 1 amide bonds. The molecule has 1 N–H and O–H groups in total. The molecule has 0 atom stereocenters. The molecule has 0 unspecified atom stereocenters. The van der Waals surface area contributed by atoms with Crippen LogP contribution in [0.25, 0.3) is 0 Å². The summed E-state index contributed by atoms with van der Waals surface area (Å²) in [5.74, 6) is 0.485. The first-order valence-corrected chi connectivity index (χ1v) is 8.95. The summed E-state index contributed by atoms with van der Waals surface area (Å²) in [6.45, 7) is 3.79. The molecule has 2 aromatic carbocycles. The number of rotatable bonds is 6. The summed E-state index contributed by atoms with van der Waals surface area (Å²) >= 11 is 0. The molecule has 0 spiro atoms. The molecule has 0 saturated heterocycles. The van der Waals surface area contributed by atoms with Gasteiger partial charge in [-0.25, -0.2) is 9.38 Å². The molecule has 0 aliphatic carbocycles. The Morgan fingerprint density at radius 2 is 1.78 bits per heavy atom. The van der Waals surface area contributed by atoms with Crippen LogP contribution in [-0.4, -0.2) is 49.4 Å². The Hall–Kier alpha value is -2.89. The highest BCUT2D eigenvalue weighted by molar-refractivity contribution is 5.93. The van der Waals surface area contributed by atoms with Gasteiger partial charge in [-0.05, 0) is 42.3 Å². The highest BCUT2D eigenvalue weighted by atomic mass is 19.1. The molecule has 0 fully saturated rings. The fourth-order valence-electron chi connectivity index (χ4n) is 2.63. The fraction of sp³-hybridized carbons (Fsp3) is 0.333. The predicted molar refractivity (Wildman–Crippen MR) is 107 cm³/mol. The Morgan fingerprint density at radius 1 is 1.07 bits per heavy atom.